The monoisotopic (exact) mass is 300 g/mol. The minimum absolute atomic E-state index is 0.230. The molecule has 19 heavy (non-hydrogen) atoms. The third kappa shape index (κ3) is 4.07. The molecule has 1 heterocycles. The van der Waals surface area contributed by atoms with Crippen LogP contribution < -0.4 is 10.5 Å². The van der Waals surface area contributed by atoms with Crippen LogP contribution in [-0.2, 0) is 23.1 Å². The van der Waals surface area contributed by atoms with E-state index in [-0.39, 0.29) is 5.09 Å². The zero-order valence-electron chi connectivity index (χ0n) is 9.97. The number of nitrogens with two attached hydrogens (primary N) is 1. The number of rotatable bonds is 5. The second kappa shape index (κ2) is 5.75. The lowest BCUT2D eigenvalue weighted by Crippen LogP contribution is -2.13. The van der Waals surface area contributed by atoms with Crippen LogP contribution in [0.25, 0.3) is 0 Å². The van der Waals surface area contributed by atoms with Crippen LogP contribution in [0.15, 0.2) is 45.9 Å². The van der Waals surface area contributed by atoms with E-state index in [1.165, 1.54) is 6.07 Å². The second-order valence-corrected chi connectivity index (χ2v) is 5.93. The maximum atomic E-state index is 11.0. The van der Waals surface area contributed by atoms with E-state index in [9.17, 15) is 8.42 Å². The predicted molar refractivity (Wildman–Crippen MR) is 72.1 cm³/mol. The van der Waals surface area contributed by atoms with Crippen LogP contribution in [-0.4, -0.2) is 8.42 Å². The Morgan fingerprint density at radius 1 is 1.21 bits per heavy atom. The highest BCUT2D eigenvalue weighted by Gasteiger charge is 2.12. The van der Waals surface area contributed by atoms with E-state index in [0.29, 0.717) is 23.9 Å². The van der Waals surface area contributed by atoms with Crippen molar-refractivity contribution >= 4 is 21.6 Å². The van der Waals surface area contributed by atoms with E-state index in [2.05, 4.69) is 5.32 Å². The molecule has 2 aromatic rings. The fourth-order valence-electron chi connectivity index (χ4n) is 1.58. The van der Waals surface area contributed by atoms with Gasteiger partial charge in [-0.25, -0.2) is 13.6 Å². The number of sulfonamides is 1. The summed E-state index contributed by atoms with van der Waals surface area (Å²) >= 11 is 5.87. The lowest BCUT2D eigenvalue weighted by molar-refractivity contribution is 0.402. The zero-order valence-corrected chi connectivity index (χ0v) is 11.5. The van der Waals surface area contributed by atoms with Crippen molar-refractivity contribution in [1.82, 2.24) is 5.32 Å². The van der Waals surface area contributed by atoms with Crippen molar-refractivity contribution < 1.29 is 12.8 Å². The van der Waals surface area contributed by atoms with Gasteiger partial charge in [0.1, 0.15) is 5.76 Å². The van der Waals surface area contributed by atoms with Crippen molar-refractivity contribution in [2.24, 2.45) is 5.14 Å². The summed E-state index contributed by atoms with van der Waals surface area (Å²) in [5.74, 6) is 0.506. The van der Waals surface area contributed by atoms with Gasteiger partial charge in [0.25, 0.3) is 10.0 Å². The van der Waals surface area contributed by atoms with Crippen LogP contribution in [0.1, 0.15) is 11.3 Å². The number of nitrogens with one attached hydrogen (secondary N) is 1. The molecule has 1 aromatic carbocycles. The first-order valence-electron chi connectivity index (χ1n) is 5.52. The van der Waals surface area contributed by atoms with Crippen molar-refractivity contribution in [2.45, 2.75) is 18.2 Å². The highest BCUT2D eigenvalue weighted by Crippen LogP contribution is 2.13. The fourth-order valence-corrected chi connectivity index (χ4v) is 2.28. The molecule has 2 rings (SSSR count). The van der Waals surface area contributed by atoms with Crippen LogP contribution in [0.4, 0.5) is 0 Å². The van der Waals surface area contributed by atoms with E-state index >= 15 is 0 Å². The highest BCUT2D eigenvalue weighted by atomic mass is 35.5. The molecule has 0 fully saturated rings. The van der Waals surface area contributed by atoms with Gasteiger partial charge in [-0.15, -0.1) is 0 Å². The third-order valence-corrected chi connectivity index (χ3v) is 3.45. The molecular formula is C12H13ClN2O3S. The lowest BCUT2D eigenvalue weighted by Gasteiger charge is -2.03. The summed E-state index contributed by atoms with van der Waals surface area (Å²) in [5, 5.41) is 8.52. The van der Waals surface area contributed by atoms with Gasteiger partial charge in [0.05, 0.1) is 6.54 Å². The molecule has 0 aliphatic heterocycles. The Kier molecular flexibility index (Phi) is 4.26. The molecule has 0 saturated carbocycles. The van der Waals surface area contributed by atoms with Gasteiger partial charge in [-0.3, -0.25) is 0 Å². The van der Waals surface area contributed by atoms with Crippen LogP contribution in [0.2, 0.25) is 5.02 Å². The maximum absolute atomic E-state index is 11.0. The number of hydrogen-bond acceptors (Lipinski definition) is 4. The summed E-state index contributed by atoms with van der Waals surface area (Å²) in [4.78, 5) is 0. The molecule has 0 radical (unpaired) electrons. The summed E-state index contributed by atoms with van der Waals surface area (Å²) in [6, 6.07) is 10.4. The number of furan rings is 1. The van der Waals surface area contributed by atoms with Crippen LogP contribution >= 0.6 is 11.6 Å². The van der Waals surface area contributed by atoms with Crippen molar-refractivity contribution in [3.63, 3.8) is 0 Å². The first-order chi connectivity index (χ1) is 8.95. The summed E-state index contributed by atoms with van der Waals surface area (Å²) in [6.45, 7) is 1.01. The second-order valence-electron chi connectivity index (χ2n) is 4.00. The van der Waals surface area contributed by atoms with E-state index in [1.54, 1.807) is 12.1 Å². The van der Waals surface area contributed by atoms with Crippen LogP contribution in [0.5, 0.6) is 0 Å². The molecule has 0 aliphatic carbocycles. The molecule has 0 atom stereocenters. The lowest BCUT2D eigenvalue weighted by atomic mass is 10.2. The summed E-state index contributed by atoms with van der Waals surface area (Å²) in [5.41, 5.74) is 1.03. The van der Waals surface area contributed by atoms with E-state index in [1.807, 2.05) is 18.2 Å². The Balaban J connectivity index is 1.91. The predicted octanol–water partition coefficient (Wildman–Crippen LogP) is 1.87. The first kappa shape index (κ1) is 14.1. The SMILES string of the molecule is NS(=O)(=O)c1ccc(CNCc2cccc(Cl)c2)o1. The standard InChI is InChI=1S/C12H13ClN2O3S/c13-10-3-1-2-9(6-10)7-15-8-11-4-5-12(18-11)19(14,16)17/h1-6,15H,7-8H2,(H2,14,16,17). The van der Waals surface area contributed by atoms with Gasteiger partial charge in [0, 0.05) is 11.6 Å². The van der Waals surface area contributed by atoms with E-state index in [0.717, 1.165) is 5.56 Å². The quantitative estimate of drug-likeness (QED) is 0.882. The van der Waals surface area contributed by atoms with Crippen molar-refractivity contribution in [1.29, 1.82) is 0 Å². The van der Waals surface area contributed by atoms with Crippen molar-refractivity contribution in [2.75, 3.05) is 0 Å². The largest absolute Gasteiger partial charge is 0.447 e. The topological polar surface area (TPSA) is 85.3 Å². The Morgan fingerprint density at radius 3 is 2.63 bits per heavy atom. The summed E-state index contributed by atoms with van der Waals surface area (Å²) in [7, 11) is -3.78. The molecule has 102 valence electrons. The number of hydrogen-bond donors (Lipinski definition) is 2. The normalized spacial score (nSPS) is 11.7. The van der Waals surface area contributed by atoms with E-state index in [4.69, 9.17) is 21.2 Å². The fraction of sp³-hybridized carbons (Fsp3) is 0.167. The average Bonchev–Trinajstić information content (AvgIpc) is 2.77. The third-order valence-electron chi connectivity index (χ3n) is 2.43. The molecule has 0 spiro atoms. The van der Waals surface area contributed by atoms with Crippen molar-refractivity contribution in [3.05, 3.63) is 52.7 Å². The Labute approximate surface area is 116 Å². The van der Waals surface area contributed by atoms with Gasteiger partial charge in [-0.1, -0.05) is 23.7 Å². The minimum atomic E-state index is -3.78. The zero-order chi connectivity index (χ0) is 13.9. The van der Waals surface area contributed by atoms with Gasteiger partial charge in [0.15, 0.2) is 0 Å². The minimum Gasteiger partial charge on any atom is -0.447 e. The smallest absolute Gasteiger partial charge is 0.271 e. The Morgan fingerprint density at radius 2 is 2.00 bits per heavy atom. The van der Waals surface area contributed by atoms with Gasteiger partial charge >= 0.3 is 0 Å². The van der Waals surface area contributed by atoms with Gasteiger partial charge < -0.3 is 9.73 Å². The summed E-state index contributed by atoms with van der Waals surface area (Å²) < 4.78 is 27.2. The first-order valence-corrected chi connectivity index (χ1v) is 7.44. The molecule has 5 nitrogen and oxygen atoms in total. The highest BCUT2D eigenvalue weighted by molar-refractivity contribution is 7.89. The van der Waals surface area contributed by atoms with E-state index < -0.39 is 10.0 Å². The Bertz CT molecular complexity index is 667. The average molecular weight is 301 g/mol. The van der Waals surface area contributed by atoms with Crippen LogP contribution in [0, 0.1) is 0 Å². The molecule has 0 bridgehead atoms. The molecule has 0 unspecified atom stereocenters. The Hall–Kier alpha value is -1.34. The number of benzene rings is 1. The molecule has 0 aliphatic rings. The number of primary sulfonamides is 1. The van der Waals surface area contributed by atoms with Crippen molar-refractivity contribution in [3.8, 4) is 0 Å². The van der Waals surface area contributed by atoms with Crippen LogP contribution in [0.3, 0.4) is 0 Å². The van der Waals surface area contributed by atoms with Gasteiger partial charge in [-0.05, 0) is 29.8 Å². The maximum Gasteiger partial charge on any atom is 0.271 e. The molecular weight excluding hydrogens is 288 g/mol. The molecule has 0 amide bonds. The molecule has 0 saturated heterocycles. The molecule has 1 aromatic heterocycles. The number of halogens is 1. The molecule has 3 N–H and O–H groups in total. The summed E-state index contributed by atoms with van der Waals surface area (Å²) in [6.07, 6.45) is 0. The van der Waals surface area contributed by atoms with Gasteiger partial charge in [-0.2, -0.15) is 0 Å². The van der Waals surface area contributed by atoms with Gasteiger partial charge in [0.2, 0.25) is 5.09 Å². The molecule has 7 heteroatoms.